The molecule has 2 unspecified atom stereocenters. The minimum Gasteiger partial charge on any atom is -0.207 e. The molecule has 0 saturated heterocycles. The number of rotatable bonds is 3. The normalized spacial score (nSPS) is 25.3. The molecule has 0 aromatic carbocycles. The van der Waals surface area contributed by atoms with Crippen molar-refractivity contribution < 1.29 is 8.42 Å². The molecule has 0 radical (unpaired) electrons. The molecule has 1 N–H and O–H groups in total. The number of alkyl halides is 1. The van der Waals surface area contributed by atoms with Crippen LogP contribution < -0.4 is 4.72 Å². The molecule has 1 aliphatic carbocycles. The van der Waals surface area contributed by atoms with E-state index in [2.05, 4.69) is 36.6 Å². The highest BCUT2D eigenvalue weighted by Gasteiger charge is 2.29. The Bertz CT molecular complexity index is 527. The zero-order chi connectivity index (χ0) is 13.3. The zero-order valence-electron chi connectivity index (χ0n) is 9.95. The van der Waals surface area contributed by atoms with E-state index in [-0.39, 0.29) is 10.9 Å². The second-order valence-corrected chi connectivity index (χ2v) is 9.99. The summed E-state index contributed by atoms with van der Waals surface area (Å²) < 4.78 is 28.3. The van der Waals surface area contributed by atoms with Gasteiger partial charge in [-0.1, -0.05) is 28.8 Å². The standard InChI is InChI=1S/C11H15Br2NO2S2/c1-7-10(6-11(13)17-7)18(15,16)14-9-5-3-2-4-8(9)12/h6,8-9,14H,2-5H2,1H3. The van der Waals surface area contributed by atoms with Crippen LogP contribution in [0.25, 0.3) is 0 Å². The summed E-state index contributed by atoms with van der Waals surface area (Å²) in [4.78, 5) is 1.45. The average Bonchev–Trinajstić information content (AvgIpc) is 2.62. The van der Waals surface area contributed by atoms with Gasteiger partial charge in [-0.15, -0.1) is 11.3 Å². The summed E-state index contributed by atoms with van der Waals surface area (Å²) in [5.74, 6) is 0. The molecule has 1 heterocycles. The minimum absolute atomic E-state index is 0.00169. The summed E-state index contributed by atoms with van der Waals surface area (Å²) in [7, 11) is -3.40. The van der Waals surface area contributed by atoms with Crippen molar-refractivity contribution in [2.75, 3.05) is 0 Å². The van der Waals surface area contributed by atoms with E-state index in [1.165, 1.54) is 11.3 Å². The van der Waals surface area contributed by atoms with Crippen molar-refractivity contribution in [3.8, 4) is 0 Å². The number of hydrogen-bond acceptors (Lipinski definition) is 3. The van der Waals surface area contributed by atoms with E-state index in [1.54, 1.807) is 6.07 Å². The van der Waals surface area contributed by atoms with Gasteiger partial charge in [-0.3, -0.25) is 0 Å². The number of aryl methyl sites for hydroxylation is 1. The molecule has 2 rings (SSSR count). The summed E-state index contributed by atoms with van der Waals surface area (Å²) in [5.41, 5.74) is 0. The Kier molecular flexibility index (Phi) is 4.91. The van der Waals surface area contributed by atoms with Crippen molar-refractivity contribution >= 4 is 53.2 Å². The van der Waals surface area contributed by atoms with Crippen LogP contribution in [-0.4, -0.2) is 19.3 Å². The molecule has 0 aliphatic heterocycles. The highest BCUT2D eigenvalue weighted by Crippen LogP contribution is 2.31. The molecule has 1 fully saturated rings. The van der Waals surface area contributed by atoms with E-state index in [0.29, 0.717) is 4.90 Å². The number of sulfonamides is 1. The average molecular weight is 417 g/mol. The molecule has 0 spiro atoms. The van der Waals surface area contributed by atoms with Crippen LogP contribution in [0.2, 0.25) is 0 Å². The fourth-order valence-electron chi connectivity index (χ4n) is 2.18. The summed E-state index contributed by atoms with van der Waals surface area (Å²) in [6, 6.07) is 1.68. The van der Waals surface area contributed by atoms with Gasteiger partial charge in [-0.05, 0) is 41.8 Å². The van der Waals surface area contributed by atoms with Crippen LogP contribution in [0.3, 0.4) is 0 Å². The summed E-state index contributed by atoms with van der Waals surface area (Å²) in [5, 5.41) is 0. The van der Waals surface area contributed by atoms with Crippen molar-refractivity contribution in [1.29, 1.82) is 0 Å². The van der Waals surface area contributed by atoms with Crippen LogP contribution in [0.4, 0.5) is 0 Å². The summed E-state index contributed by atoms with van der Waals surface area (Å²) in [6.45, 7) is 1.83. The lowest BCUT2D eigenvalue weighted by atomic mass is 9.96. The first-order valence-electron chi connectivity index (χ1n) is 5.82. The molecule has 102 valence electrons. The molecule has 1 saturated carbocycles. The lowest BCUT2D eigenvalue weighted by molar-refractivity contribution is 0.427. The predicted molar refractivity (Wildman–Crippen MR) is 82.0 cm³/mol. The van der Waals surface area contributed by atoms with E-state index in [4.69, 9.17) is 0 Å². The SMILES string of the molecule is Cc1sc(Br)cc1S(=O)(=O)NC1CCCCC1Br. The Morgan fingerprint density at radius 1 is 1.39 bits per heavy atom. The molecule has 0 bridgehead atoms. The van der Waals surface area contributed by atoms with Crippen LogP contribution in [0.15, 0.2) is 14.7 Å². The molecule has 7 heteroatoms. The van der Waals surface area contributed by atoms with Crippen molar-refractivity contribution in [1.82, 2.24) is 4.72 Å². The van der Waals surface area contributed by atoms with Crippen molar-refractivity contribution in [2.24, 2.45) is 0 Å². The lowest BCUT2D eigenvalue weighted by Gasteiger charge is -2.27. The summed E-state index contributed by atoms with van der Waals surface area (Å²) >= 11 is 8.34. The van der Waals surface area contributed by atoms with E-state index in [0.717, 1.165) is 34.3 Å². The topological polar surface area (TPSA) is 46.2 Å². The van der Waals surface area contributed by atoms with Crippen LogP contribution in [0, 0.1) is 6.92 Å². The maximum Gasteiger partial charge on any atom is 0.241 e. The van der Waals surface area contributed by atoms with Crippen molar-refractivity contribution in [3.63, 3.8) is 0 Å². The van der Waals surface area contributed by atoms with Crippen molar-refractivity contribution in [3.05, 3.63) is 14.7 Å². The first-order valence-corrected chi connectivity index (χ1v) is 9.83. The fourth-order valence-corrected chi connectivity index (χ4v) is 6.80. The van der Waals surface area contributed by atoms with Gasteiger partial charge in [0.05, 0.1) is 8.68 Å². The number of hydrogen-bond donors (Lipinski definition) is 1. The Balaban J connectivity index is 2.19. The van der Waals surface area contributed by atoms with E-state index in [9.17, 15) is 8.42 Å². The molecule has 1 aromatic rings. The van der Waals surface area contributed by atoms with Gasteiger partial charge in [-0.2, -0.15) is 0 Å². The Morgan fingerprint density at radius 2 is 2.06 bits per heavy atom. The van der Waals surface area contributed by atoms with E-state index < -0.39 is 10.0 Å². The predicted octanol–water partition coefficient (Wildman–Crippen LogP) is 3.80. The minimum atomic E-state index is -3.40. The van der Waals surface area contributed by atoms with Crippen LogP contribution in [0.1, 0.15) is 30.6 Å². The molecule has 1 aromatic heterocycles. The van der Waals surface area contributed by atoms with Gasteiger partial charge in [-0.25, -0.2) is 13.1 Å². The largest absolute Gasteiger partial charge is 0.241 e. The van der Waals surface area contributed by atoms with Gasteiger partial charge in [0.15, 0.2) is 0 Å². The van der Waals surface area contributed by atoms with Gasteiger partial charge >= 0.3 is 0 Å². The van der Waals surface area contributed by atoms with E-state index in [1.807, 2.05) is 6.92 Å². The van der Waals surface area contributed by atoms with Gasteiger partial charge in [0.1, 0.15) is 0 Å². The Hall–Kier alpha value is 0.570. The molecule has 1 aliphatic rings. The first kappa shape index (κ1) is 15.0. The number of nitrogens with one attached hydrogen (secondary N) is 1. The second kappa shape index (κ2) is 5.91. The van der Waals surface area contributed by atoms with Gasteiger partial charge in [0.25, 0.3) is 0 Å². The van der Waals surface area contributed by atoms with Crippen molar-refractivity contribution in [2.45, 2.75) is 48.4 Å². The molecule has 2 atom stereocenters. The third-order valence-corrected chi connectivity index (χ3v) is 7.51. The van der Waals surface area contributed by atoms with Gasteiger partial charge in [0.2, 0.25) is 10.0 Å². The second-order valence-electron chi connectivity index (χ2n) is 4.50. The van der Waals surface area contributed by atoms with Gasteiger partial charge in [0, 0.05) is 15.7 Å². The molecular weight excluding hydrogens is 402 g/mol. The lowest BCUT2D eigenvalue weighted by Crippen LogP contribution is -2.42. The first-order chi connectivity index (χ1) is 8.40. The smallest absolute Gasteiger partial charge is 0.207 e. The molecule has 3 nitrogen and oxygen atoms in total. The quantitative estimate of drug-likeness (QED) is 0.761. The maximum absolute atomic E-state index is 12.3. The molecule has 0 amide bonds. The summed E-state index contributed by atoms with van der Waals surface area (Å²) in [6.07, 6.45) is 4.18. The van der Waals surface area contributed by atoms with Crippen LogP contribution in [-0.2, 0) is 10.0 Å². The number of halogens is 2. The monoisotopic (exact) mass is 415 g/mol. The van der Waals surface area contributed by atoms with Crippen LogP contribution in [0.5, 0.6) is 0 Å². The Labute approximate surface area is 129 Å². The van der Waals surface area contributed by atoms with Gasteiger partial charge < -0.3 is 0 Å². The maximum atomic E-state index is 12.3. The highest BCUT2D eigenvalue weighted by molar-refractivity contribution is 9.11. The van der Waals surface area contributed by atoms with Crippen LogP contribution >= 0.6 is 43.2 Å². The number of thiophene rings is 1. The highest BCUT2D eigenvalue weighted by atomic mass is 79.9. The molecular formula is C11H15Br2NO2S2. The zero-order valence-corrected chi connectivity index (χ0v) is 14.8. The Morgan fingerprint density at radius 3 is 2.61 bits per heavy atom. The fraction of sp³-hybridized carbons (Fsp3) is 0.636. The third-order valence-electron chi connectivity index (χ3n) is 3.12. The molecule has 18 heavy (non-hydrogen) atoms. The third kappa shape index (κ3) is 3.36. The van der Waals surface area contributed by atoms with E-state index >= 15 is 0 Å².